The van der Waals surface area contributed by atoms with Gasteiger partial charge >= 0.3 is 0 Å². The zero-order valence-electron chi connectivity index (χ0n) is 16.1. The largest absolute Gasteiger partial charge is 0.483 e. The molecule has 27 heavy (non-hydrogen) atoms. The SMILES string of the molecule is CC(C)(C)c1ccccc1OCC(=O)N1CCN(C(=O)c2ccoc2)CC1. The number of hydrogen-bond acceptors (Lipinski definition) is 4. The predicted molar refractivity (Wildman–Crippen MR) is 102 cm³/mol. The van der Waals surface area contributed by atoms with Gasteiger partial charge < -0.3 is 19.0 Å². The quantitative estimate of drug-likeness (QED) is 0.830. The molecule has 0 radical (unpaired) electrons. The summed E-state index contributed by atoms with van der Waals surface area (Å²) in [6, 6.07) is 9.47. The van der Waals surface area contributed by atoms with Crippen LogP contribution in [0.2, 0.25) is 0 Å². The monoisotopic (exact) mass is 370 g/mol. The number of hydrogen-bond donors (Lipinski definition) is 0. The Labute approximate surface area is 159 Å². The lowest BCUT2D eigenvalue weighted by Gasteiger charge is -2.34. The Morgan fingerprint density at radius 1 is 1.04 bits per heavy atom. The van der Waals surface area contributed by atoms with Crippen LogP contribution in [0.1, 0.15) is 36.7 Å². The van der Waals surface area contributed by atoms with Crippen molar-refractivity contribution in [3.63, 3.8) is 0 Å². The third-order valence-corrected chi connectivity index (χ3v) is 4.73. The van der Waals surface area contributed by atoms with Crippen LogP contribution >= 0.6 is 0 Å². The van der Waals surface area contributed by atoms with E-state index < -0.39 is 0 Å². The number of amides is 2. The van der Waals surface area contributed by atoms with E-state index in [1.807, 2.05) is 24.3 Å². The fraction of sp³-hybridized carbons (Fsp3) is 0.429. The molecule has 1 fully saturated rings. The minimum absolute atomic E-state index is 0.00275. The van der Waals surface area contributed by atoms with Crippen molar-refractivity contribution in [2.24, 2.45) is 0 Å². The fourth-order valence-electron chi connectivity index (χ4n) is 3.17. The topological polar surface area (TPSA) is 63.0 Å². The highest BCUT2D eigenvalue weighted by Crippen LogP contribution is 2.30. The summed E-state index contributed by atoms with van der Waals surface area (Å²) in [6.45, 7) is 8.39. The number of furan rings is 1. The highest BCUT2D eigenvalue weighted by Gasteiger charge is 2.26. The molecule has 6 nitrogen and oxygen atoms in total. The molecule has 2 aromatic rings. The Morgan fingerprint density at radius 2 is 1.70 bits per heavy atom. The molecule has 2 amide bonds. The first-order chi connectivity index (χ1) is 12.9. The average Bonchev–Trinajstić information content (AvgIpc) is 3.20. The summed E-state index contributed by atoms with van der Waals surface area (Å²) in [5, 5.41) is 0. The molecule has 3 rings (SSSR count). The van der Waals surface area contributed by atoms with Gasteiger partial charge in [-0.3, -0.25) is 9.59 Å². The molecule has 1 aliphatic rings. The molecule has 6 heteroatoms. The van der Waals surface area contributed by atoms with Crippen molar-refractivity contribution >= 4 is 11.8 Å². The van der Waals surface area contributed by atoms with Crippen LogP contribution < -0.4 is 4.74 Å². The number of ether oxygens (including phenoxy) is 1. The molecule has 2 heterocycles. The summed E-state index contributed by atoms with van der Waals surface area (Å²) in [5.74, 6) is 0.618. The van der Waals surface area contributed by atoms with Gasteiger partial charge in [0.25, 0.3) is 11.8 Å². The summed E-state index contributed by atoms with van der Waals surface area (Å²) in [4.78, 5) is 28.3. The number of carbonyl (C=O) groups is 2. The first kappa shape index (κ1) is 19.0. The average molecular weight is 370 g/mol. The first-order valence-corrected chi connectivity index (χ1v) is 9.18. The molecule has 0 aliphatic carbocycles. The van der Waals surface area contributed by atoms with Gasteiger partial charge in [0.2, 0.25) is 0 Å². The van der Waals surface area contributed by atoms with Gasteiger partial charge in [-0.05, 0) is 23.1 Å². The maximum Gasteiger partial charge on any atom is 0.260 e. The Balaban J connectivity index is 1.53. The number of rotatable bonds is 4. The molecule has 0 spiro atoms. The molecule has 1 aromatic heterocycles. The van der Waals surface area contributed by atoms with E-state index in [0.29, 0.717) is 31.7 Å². The Bertz CT molecular complexity index is 785. The Morgan fingerprint density at radius 3 is 2.33 bits per heavy atom. The normalized spacial score (nSPS) is 14.9. The third kappa shape index (κ3) is 4.51. The Kier molecular flexibility index (Phi) is 5.54. The molecule has 0 bridgehead atoms. The van der Waals surface area contributed by atoms with E-state index in [2.05, 4.69) is 20.8 Å². The maximum absolute atomic E-state index is 12.5. The van der Waals surface area contributed by atoms with Gasteiger partial charge in [-0.15, -0.1) is 0 Å². The first-order valence-electron chi connectivity index (χ1n) is 9.18. The van der Waals surface area contributed by atoms with Crippen LogP contribution in [0.4, 0.5) is 0 Å². The van der Waals surface area contributed by atoms with Crippen molar-refractivity contribution in [3.8, 4) is 5.75 Å². The number of nitrogens with zero attached hydrogens (tertiary/aromatic N) is 2. The second kappa shape index (κ2) is 7.86. The van der Waals surface area contributed by atoms with Crippen LogP contribution in [-0.4, -0.2) is 54.4 Å². The highest BCUT2D eigenvalue weighted by atomic mass is 16.5. The van der Waals surface area contributed by atoms with Crippen molar-refractivity contribution < 1.29 is 18.7 Å². The molecular weight excluding hydrogens is 344 g/mol. The van der Waals surface area contributed by atoms with Crippen LogP contribution in [0.25, 0.3) is 0 Å². The molecule has 1 aliphatic heterocycles. The zero-order valence-corrected chi connectivity index (χ0v) is 16.1. The van der Waals surface area contributed by atoms with Crippen LogP contribution in [-0.2, 0) is 10.2 Å². The van der Waals surface area contributed by atoms with Crippen LogP contribution in [0.15, 0.2) is 47.3 Å². The molecule has 0 unspecified atom stereocenters. The lowest BCUT2D eigenvalue weighted by molar-refractivity contribution is -0.134. The lowest BCUT2D eigenvalue weighted by atomic mass is 9.86. The lowest BCUT2D eigenvalue weighted by Crippen LogP contribution is -2.51. The molecule has 144 valence electrons. The number of carbonyl (C=O) groups excluding carboxylic acids is 2. The van der Waals surface area contributed by atoms with Crippen molar-refractivity contribution in [1.29, 1.82) is 0 Å². The van der Waals surface area contributed by atoms with Gasteiger partial charge in [-0.25, -0.2) is 0 Å². The second-order valence-electron chi connectivity index (χ2n) is 7.72. The van der Waals surface area contributed by atoms with Crippen molar-refractivity contribution in [3.05, 3.63) is 54.0 Å². The maximum atomic E-state index is 12.5. The third-order valence-electron chi connectivity index (χ3n) is 4.73. The van der Waals surface area contributed by atoms with Gasteiger partial charge in [-0.1, -0.05) is 39.0 Å². The standard InChI is InChI=1S/C21H26N2O4/c1-21(2,3)17-6-4-5-7-18(17)27-15-19(24)22-9-11-23(12-10-22)20(25)16-8-13-26-14-16/h4-8,13-14H,9-12,15H2,1-3H3. The van der Waals surface area contributed by atoms with E-state index >= 15 is 0 Å². The van der Waals surface area contributed by atoms with E-state index in [-0.39, 0.29) is 23.8 Å². The van der Waals surface area contributed by atoms with E-state index in [9.17, 15) is 9.59 Å². The minimum atomic E-state index is -0.0637. The van der Waals surface area contributed by atoms with E-state index in [4.69, 9.17) is 9.15 Å². The zero-order chi connectivity index (χ0) is 19.4. The van der Waals surface area contributed by atoms with Gasteiger partial charge in [0.1, 0.15) is 12.0 Å². The number of piperazine rings is 1. The van der Waals surface area contributed by atoms with Gasteiger partial charge in [0.15, 0.2) is 6.61 Å². The van der Waals surface area contributed by atoms with Crippen LogP contribution in [0.5, 0.6) is 5.75 Å². The summed E-state index contributed by atoms with van der Waals surface area (Å²) in [6.07, 6.45) is 2.93. The number of para-hydroxylation sites is 1. The second-order valence-corrected chi connectivity index (χ2v) is 7.72. The van der Waals surface area contributed by atoms with Gasteiger partial charge in [0, 0.05) is 26.2 Å². The molecule has 0 N–H and O–H groups in total. The molecule has 0 atom stereocenters. The van der Waals surface area contributed by atoms with E-state index in [1.54, 1.807) is 15.9 Å². The van der Waals surface area contributed by atoms with E-state index in [0.717, 1.165) is 11.3 Å². The molecule has 0 saturated carbocycles. The summed E-state index contributed by atoms with van der Waals surface area (Å²) >= 11 is 0. The predicted octanol–water partition coefficient (Wildman–Crippen LogP) is 2.94. The molecule has 1 aromatic carbocycles. The number of benzene rings is 1. The Hall–Kier alpha value is -2.76. The van der Waals surface area contributed by atoms with Crippen LogP contribution in [0.3, 0.4) is 0 Å². The van der Waals surface area contributed by atoms with Gasteiger partial charge in [-0.2, -0.15) is 0 Å². The van der Waals surface area contributed by atoms with Crippen molar-refractivity contribution in [2.75, 3.05) is 32.8 Å². The van der Waals surface area contributed by atoms with Crippen LogP contribution in [0, 0.1) is 0 Å². The smallest absolute Gasteiger partial charge is 0.260 e. The summed E-state index contributed by atoms with van der Waals surface area (Å²) in [7, 11) is 0. The summed E-state index contributed by atoms with van der Waals surface area (Å²) < 4.78 is 10.8. The highest BCUT2D eigenvalue weighted by molar-refractivity contribution is 5.94. The van der Waals surface area contributed by atoms with Crippen molar-refractivity contribution in [1.82, 2.24) is 9.80 Å². The molecule has 1 saturated heterocycles. The minimum Gasteiger partial charge on any atom is -0.483 e. The fourth-order valence-corrected chi connectivity index (χ4v) is 3.17. The van der Waals surface area contributed by atoms with Crippen molar-refractivity contribution in [2.45, 2.75) is 26.2 Å². The summed E-state index contributed by atoms with van der Waals surface area (Å²) in [5.41, 5.74) is 1.56. The molecular formula is C21H26N2O4. The van der Waals surface area contributed by atoms with Gasteiger partial charge in [0.05, 0.1) is 11.8 Å². The van der Waals surface area contributed by atoms with E-state index in [1.165, 1.54) is 12.5 Å².